The van der Waals surface area contributed by atoms with E-state index < -0.39 is 0 Å². The molecule has 0 spiro atoms. The van der Waals surface area contributed by atoms with E-state index in [0.717, 1.165) is 24.2 Å². The van der Waals surface area contributed by atoms with Gasteiger partial charge < -0.3 is 0 Å². The molecule has 2 saturated carbocycles. The summed E-state index contributed by atoms with van der Waals surface area (Å²) in [4.78, 5) is 0. The molecule has 0 unspecified atom stereocenters. The highest BCUT2D eigenvalue weighted by Crippen LogP contribution is 2.41. The van der Waals surface area contributed by atoms with Gasteiger partial charge in [0.05, 0.1) is 0 Å². The first-order chi connectivity index (χ1) is 8.83. The van der Waals surface area contributed by atoms with Crippen LogP contribution in [0.2, 0.25) is 0 Å². The zero-order chi connectivity index (χ0) is 12.8. The Kier molecular flexibility index (Phi) is 5.28. The van der Waals surface area contributed by atoms with Gasteiger partial charge in [-0.1, -0.05) is 23.8 Å². The largest absolute Gasteiger partial charge is 0.103 e. The number of hydrogen-bond donors (Lipinski definition) is 0. The summed E-state index contributed by atoms with van der Waals surface area (Å²) < 4.78 is 0. The Morgan fingerprint density at radius 1 is 0.889 bits per heavy atom. The lowest BCUT2D eigenvalue weighted by molar-refractivity contribution is 0.193. The topological polar surface area (TPSA) is 0 Å². The van der Waals surface area contributed by atoms with Gasteiger partial charge >= 0.3 is 0 Å². The maximum atomic E-state index is 3.94. The third-order valence-electron chi connectivity index (χ3n) is 5.06. The third-order valence-corrected chi connectivity index (χ3v) is 5.06. The summed E-state index contributed by atoms with van der Waals surface area (Å²) in [5.74, 6) is 2.84. The van der Waals surface area contributed by atoms with E-state index in [1.807, 2.05) is 6.08 Å². The minimum atomic E-state index is 0.813. The van der Waals surface area contributed by atoms with Crippen molar-refractivity contribution in [1.29, 1.82) is 0 Å². The van der Waals surface area contributed by atoms with Gasteiger partial charge in [0.2, 0.25) is 0 Å². The zero-order valence-electron chi connectivity index (χ0n) is 11.7. The quantitative estimate of drug-likeness (QED) is 0.559. The Balaban J connectivity index is 1.76. The molecule has 2 fully saturated rings. The van der Waals surface area contributed by atoms with Crippen LogP contribution in [0, 0.1) is 17.8 Å². The number of allylic oxidation sites excluding steroid dienone is 4. The Hall–Kier alpha value is -0.780. The molecule has 0 aliphatic heterocycles. The van der Waals surface area contributed by atoms with Gasteiger partial charge in [-0.15, -0.1) is 13.2 Å². The molecule has 0 heteroatoms. The van der Waals surface area contributed by atoms with Crippen molar-refractivity contribution >= 4 is 0 Å². The van der Waals surface area contributed by atoms with Gasteiger partial charge in [0.15, 0.2) is 0 Å². The lowest BCUT2D eigenvalue weighted by Gasteiger charge is -2.35. The first-order valence-electron chi connectivity index (χ1n) is 7.74. The first kappa shape index (κ1) is 13.6. The summed E-state index contributed by atoms with van der Waals surface area (Å²) >= 11 is 0. The Morgan fingerprint density at radius 3 is 2.06 bits per heavy atom. The summed E-state index contributed by atoms with van der Waals surface area (Å²) in [6.07, 6.45) is 18.9. The van der Waals surface area contributed by atoms with E-state index in [9.17, 15) is 0 Å². The molecule has 0 heterocycles. The van der Waals surface area contributed by atoms with Crippen LogP contribution in [0.25, 0.3) is 0 Å². The summed E-state index contributed by atoms with van der Waals surface area (Å²) in [5, 5.41) is 0. The molecule has 0 aromatic heterocycles. The van der Waals surface area contributed by atoms with Crippen molar-refractivity contribution in [2.24, 2.45) is 17.8 Å². The Bertz CT molecular complexity index is 292. The average molecular weight is 244 g/mol. The fourth-order valence-corrected chi connectivity index (χ4v) is 3.79. The third kappa shape index (κ3) is 3.60. The molecular formula is C18H28. The van der Waals surface area contributed by atoms with Gasteiger partial charge in [0, 0.05) is 0 Å². The van der Waals surface area contributed by atoms with E-state index in [2.05, 4.69) is 25.3 Å². The van der Waals surface area contributed by atoms with Crippen molar-refractivity contribution in [3.8, 4) is 0 Å². The number of rotatable bonds is 4. The predicted molar refractivity (Wildman–Crippen MR) is 80.5 cm³/mol. The van der Waals surface area contributed by atoms with Crippen LogP contribution in [0.5, 0.6) is 0 Å². The molecule has 0 atom stereocenters. The summed E-state index contributed by atoms with van der Waals surface area (Å²) in [7, 11) is 0. The van der Waals surface area contributed by atoms with Crippen molar-refractivity contribution in [3.05, 3.63) is 37.0 Å². The van der Waals surface area contributed by atoms with Crippen molar-refractivity contribution in [1.82, 2.24) is 0 Å². The Labute approximate surface area is 113 Å². The summed E-state index contributed by atoms with van der Waals surface area (Å²) in [5.41, 5.74) is 1.69. The van der Waals surface area contributed by atoms with Crippen LogP contribution < -0.4 is 0 Å². The molecule has 0 bridgehead atoms. The van der Waals surface area contributed by atoms with Crippen LogP contribution in [-0.2, 0) is 0 Å². The van der Waals surface area contributed by atoms with Crippen molar-refractivity contribution in [3.63, 3.8) is 0 Å². The van der Waals surface area contributed by atoms with Gasteiger partial charge in [-0.2, -0.15) is 0 Å². The highest BCUT2D eigenvalue weighted by molar-refractivity contribution is 5.07. The smallest absolute Gasteiger partial charge is 0.0169 e. The molecule has 0 radical (unpaired) electrons. The van der Waals surface area contributed by atoms with Gasteiger partial charge in [-0.05, 0) is 75.5 Å². The standard InChI is InChI=1S/C18H28/c1-3-5-6-16-9-13-18(14-10-16)17-11-7-15(4-2)8-12-17/h3-4,6,15,17-18H,1-2,5,7-14H2. The second-order valence-electron chi connectivity index (χ2n) is 6.13. The monoisotopic (exact) mass is 244 g/mol. The molecule has 0 aromatic carbocycles. The highest BCUT2D eigenvalue weighted by Gasteiger charge is 2.28. The van der Waals surface area contributed by atoms with Gasteiger partial charge in [0.25, 0.3) is 0 Å². The van der Waals surface area contributed by atoms with Crippen molar-refractivity contribution < 1.29 is 0 Å². The number of hydrogen-bond acceptors (Lipinski definition) is 0. The fourth-order valence-electron chi connectivity index (χ4n) is 3.79. The van der Waals surface area contributed by atoms with Gasteiger partial charge in [-0.3, -0.25) is 0 Å². The Morgan fingerprint density at radius 2 is 1.50 bits per heavy atom. The predicted octanol–water partition coefficient (Wildman–Crippen LogP) is 5.67. The second kappa shape index (κ2) is 6.97. The minimum Gasteiger partial charge on any atom is -0.103 e. The van der Waals surface area contributed by atoms with Crippen LogP contribution in [0.15, 0.2) is 37.0 Å². The fraction of sp³-hybridized carbons (Fsp3) is 0.667. The highest BCUT2D eigenvalue weighted by atomic mass is 14.3. The zero-order valence-corrected chi connectivity index (χ0v) is 11.7. The molecule has 0 saturated heterocycles. The van der Waals surface area contributed by atoms with Gasteiger partial charge in [-0.25, -0.2) is 0 Å². The average Bonchev–Trinajstić information content (AvgIpc) is 2.46. The normalized spacial score (nSPS) is 32.9. The summed E-state index contributed by atoms with van der Waals surface area (Å²) in [6, 6.07) is 0. The molecule has 2 aliphatic carbocycles. The molecule has 0 N–H and O–H groups in total. The van der Waals surface area contributed by atoms with E-state index in [4.69, 9.17) is 0 Å². The van der Waals surface area contributed by atoms with E-state index in [-0.39, 0.29) is 0 Å². The van der Waals surface area contributed by atoms with Crippen LogP contribution in [-0.4, -0.2) is 0 Å². The maximum absolute atomic E-state index is 3.94. The molecule has 2 aliphatic rings. The van der Waals surface area contributed by atoms with Crippen LogP contribution in [0.4, 0.5) is 0 Å². The molecule has 18 heavy (non-hydrogen) atoms. The van der Waals surface area contributed by atoms with Crippen LogP contribution >= 0.6 is 0 Å². The molecular weight excluding hydrogens is 216 g/mol. The molecule has 0 nitrogen and oxygen atoms in total. The van der Waals surface area contributed by atoms with Crippen molar-refractivity contribution in [2.45, 2.75) is 57.8 Å². The molecule has 2 rings (SSSR count). The second-order valence-corrected chi connectivity index (χ2v) is 6.13. The van der Waals surface area contributed by atoms with Crippen molar-refractivity contribution in [2.75, 3.05) is 0 Å². The maximum Gasteiger partial charge on any atom is -0.0169 e. The lowest BCUT2D eigenvalue weighted by Crippen LogP contribution is -2.23. The molecule has 0 aromatic rings. The van der Waals surface area contributed by atoms with Crippen LogP contribution in [0.3, 0.4) is 0 Å². The summed E-state index contributed by atoms with van der Waals surface area (Å²) in [6.45, 7) is 7.74. The minimum absolute atomic E-state index is 0.813. The van der Waals surface area contributed by atoms with E-state index in [0.29, 0.717) is 0 Å². The van der Waals surface area contributed by atoms with E-state index >= 15 is 0 Å². The van der Waals surface area contributed by atoms with E-state index in [1.54, 1.807) is 5.57 Å². The SMILES string of the molecule is C=CCC=C1CCC(C2CCC(C=C)CC2)CC1. The van der Waals surface area contributed by atoms with Crippen LogP contribution in [0.1, 0.15) is 57.8 Å². The molecule has 100 valence electrons. The lowest BCUT2D eigenvalue weighted by atomic mass is 9.70. The van der Waals surface area contributed by atoms with E-state index in [1.165, 1.54) is 51.4 Å². The first-order valence-corrected chi connectivity index (χ1v) is 7.74. The van der Waals surface area contributed by atoms with Gasteiger partial charge in [0.1, 0.15) is 0 Å². The molecule has 0 amide bonds.